The number of piperidine rings is 1. The lowest BCUT2D eigenvalue weighted by Gasteiger charge is -2.31. The molecule has 2 N–H and O–H groups in total. The maximum atomic E-state index is 5.60. The first kappa shape index (κ1) is 11.9. The van der Waals surface area contributed by atoms with Crippen molar-refractivity contribution in [2.45, 2.75) is 18.9 Å². The van der Waals surface area contributed by atoms with Crippen molar-refractivity contribution in [2.75, 3.05) is 46.5 Å². The third kappa shape index (κ3) is 4.37. The Kier molecular flexibility index (Phi) is 6.10. The van der Waals surface area contributed by atoms with Crippen LogP contribution in [-0.4, -0.2) is 57.5 Å². The van der Waals surface area contributed by atoms with Crippen LogP contribution in [0.15, 0.2) is 0 Å². The van der Waals surface area contributed by atoms with Crippen molar-refractivity contribution in [1.29, 1.82) is 0 Å². The van der Waals surface area contributed by atoms with Crippen LogP contribution < -0.4 is 5.73 Å². The van der Waals surface area contributed by atoms with E-state index < -0.39 is 0 Å². The van der Waals surface area contributed by atoms with Gasteiger partial charge in [0, 0.05) is 33.3 Å². The van der Waals surface area contributed by atoms with Crippen LogP contribution in [0, 0.1) is 0 Å². The zero-order valence-corrected chi connectivity index (χ0v) is 9.08. The molecular weight excluding hydrogens is 180 g/mol. The number of ether oxygens (including phenoxy) is 2. The number of nitrogens with zero attached hydrogens (tertiary/aromatic N) is 1. The van der Waals surface area contributed by atoms with Crippen LogP contribution in [0.5, 0.6) is 0 Å². The summed E-state index contributed by atoms with van der Waals surface area (Å²) >= 11 is 0. The molecule has 0 bridgehead atoms. The number of hydrogen-bond donors (Lipinski definition) is 1. The summed E-state index contributed by atoms with van der Waals surface area (Å²) < 4.78 is 10.6. The molecule has 1 aliphatic heterocycles. The molecule has 4 heteroatoms. The number of methoxy groups -OCH3 is 1. The van der Waals surface area contributed by atoms with Crippen LogP contribution in [0.4, 0.5) is 0 Å². The van der Waals surface area contributed by atoms with Crippen molar-refractivity contribution in [2.24, 2.45) is 5.73 Å². The van der Waals surface area contributed by atoms with Gasteiger partial charge in [0.2, 0.25) is 0 Å². The molecule has 1 saturated heterocycles. The lowest BCUT2D eigenvalue weighted by molar-refractivity contribution is 0.00686. The van der Waals surface area contributed by atoms with Crippen molar-refractivity contribution in [3.8, 4) is 0 Å². The summed E-state index contributed by atoms with van der Waals surface area (Å²) in [5, 5.41) is 0. The quantitative estimate of drug-likeness (QED) is 0.662. The Balaban J connectivity index is 2.05. The van der Waals surface area contributed by atoms with Crippen LogP contribution >= 0.6 is 0 Å². The van der Waals surface area contributed by atoms with Gasteiger partial charge in [0.05, 0.1) is 19.3 Å². The van der Waals surface area contributed by atoms with Gasteiger partial charge in [-0.25, -0.2) is 0 Å². The van der Waals surface area contributed by atoms with Gasteiger partial charge in [-0.15, -0.1) is 0 Å². The summed E-state index contributed by atoms with van der Waals surface area (Å²) in [7, 11) is 1.75. The highest BCUT2D eigenvalue weighted by atomic mass is 16.5. The Hall–Kier alpha value is -0.160. The SMILES string of the molecule is COCCN1CCC(OCCN)CC1. The molecule has 1 rings (SSSR count). The fourth-order valence-corrected chi connectivity index (χ4v) is 1.75. The van der Waals surface area contributed by atoms with E-state index in [4.69, 9.17) is 15.2 Å². The maximum Gasteiger partial charge on any atom is 0.0600 e. The molecule has 0 aromatic rings. The zero-order chi connectivity index (χ0) is 10.2. The number of nitrogens with two attached hydrogens (primary N) is 1. The van der Waals surface area contributed by atoms with E-state index in [1.807, 2.05) is 0 Å². The van der Waals surface area contributed by atoms with Gasteiger partial charge in [-0.3, -0.25) is 0 Å². The number of likely N-dealkylation sites (tertiary alicyclic amines) is 1. The highest BCUT2D eigenvalue weighted by Crippen LogP contribution is 2.12. The molecule has 0 aliphatic carbocycles. The Morgan fingerprint density at radius 2 is 2.00 bits per heavy atom. The first-order chi connectivity index (χ1) is 6.86. The van der Waals surface area contributed by atoms with Gasteiger partial charge >= 0.3 is 0 Å². The molecular formula is C10H22N2O2. The van der Waals surface area contributed by atoms with Crippen molar-refractivity contribution in [1.82, 2.24) is 4.90 Å². The van der Waals surface area contributed by atoms with Crippen molar-refractivity contribution >= 4 is 0 Å². The van der Waals surface area contributed by atoms with Gasteiger partial charge in [0.25, 0.3) is 0 Å². The second-order valence-electron chi connectivity index (χ2n) is 3.69. The molecule has 0 atom stereocenters. The first-order valence-electron chi connectivity index (χ1n) is 5.39. The third-order valence-electron chi connectivity index (χ3n) is 2.62. The molecule has 0 radical (unpaired) electrons. The van der Waals surface area contributed by atoms with E-state index in [-0.39, 0.29) is 0 Å². The Morgan fingerprint density at radius 3 is 2.57 bits per heavy atom. The smallest absolute Gasteiger partial charge is 0.0600 e. The molecule has 14 heavy (non-hydrogen) atoms. The normalized spacial score (nSPS) is 20.1. The van der Waals surface area contributed by atoms with Gasteiger partial charge in [-0.05, 0) is 12.8 Å². The molecule has 0 aromatic carbocycles. The Bertz CT molecular complexity index is 120. The highest BCUT2D eigenvalue weighted by molar-refractivity contribution is 4.72. The summed E-state index contributed by atoms with van der Waals surface area (Å²) in [6.07, 6.45) is 2.69. The van der Waals surface area contributed by atoms with E-state index in [1.54, 1.807) is 7.11 Å². The molecule has 0 spiro atoms. The largest absolute Gasteiger partial charge is 0.383 e. The predicted octanol–water partition coefficient (Wildman–Crippen LogP) is 0.0725. The molecule has 0 unspecified atom stereocenters. The fraction of sp³-hybridized carbons (Fsp3) is 1.00. The number of rotatable bonds is 6. The molecule has 0 aromatic heterocycles. The van der Waals surface area contributed by atoms with Gasteiger partial charge in [-0.2, -0.15) is 0 Å². The Labute approximate surface area is 86.3 Å². The Morgan fingerprint density at radius 1 is 1.29 bits per heavy atom. The maximum absolute atomic E-state index is 5.60. The minimum absolute atomic E-state index is 0.428. The van der Waals surface area contributed by atoms with Gasteiger partial charge in [-0.1, -0.05) is 0 Å². The summed E-state index contributed by atoms with van der Waals surface area (Å²) in [6, 6.07) is 0. The van der Waals surface area contributed by atoms with Crippen LogP contribution in [0.3, 0.4) is 0 Å². The summed E-state index contributed by atoms with van der Waals surface area (Å²) in [5.74, 6) is 0. The standard InChI is InChI=1S/C10H22N2O2/c1-13-9-7-12-5-2-10(3-6-12)14-8-4-11/h10H,2-9,11H2,1H3. The minimum atomic E-state index is 0.428. The van der Waals surface area contributed by atoms with Crippen LogP contribution in [-0.2, 0) is 9.47 Å². The molecule has 0 saturated carbocycles. The second-order valence-corrected chi connectivity index (χ2v) is 3.69. The summed E-state index contributed by atoms with van der Waals surface area (Å²) in [5.41, 5.74) is 5.39. The summed E-state index contributed by atoms with van der Waals surface area (Å²) in [4.78, 5) is 2.42. The van der Waals surface area contributed by atoms with E-state index in [9.17, 15) is 0 Å². The van der Waals surface area contributed by atoms with E-state index >= 15 is 0 Å². The van der Waals surface area contributed by atoms with Gasteiger partial charge < -0.3 is 20.1 Å². The highest BCUT2D eigenvalue weighted by Gasteiger charge is 2.18. The van der Waals surface area contributed by atoms with E-state index in [0.29, 0.717) is 19.3 Å². The zero-order valence-electron chi connectivity index (χ0n) is 9.08. The molecule has 4 nitrogen and oxygen atoms in total. The van der Waals surface area contributed by atoms with Crippen molar-refractivity contribution in [3.05, 3.63) is 0 Å². The van der Waals surface area contributed by atoms with Gasteiger partial charge in [0.1, 0.15) is 0 Å². The van der Waals surface area contributed by atoms with Crippen LogP contribution in [0.25, 0.3) is 0 Å². The summed E-state index contributed by atoms with van der Waals surface area (Å²) in [6.45, 7) is 5.44. The molecule has 0 amide bonds. The second kappa shape index (κ2) is 7.17. The average Bonchev–Trinajstić information content (AvgIpc) is 2.25. The lowest BCUT2D eigenvalue weighted by atomic mass is 10.1. The van der Waals surface area contributed by atoms with Crippen LogP contribution in [0.1, 0.15) is 12.8 Å². The van der Waals surface area contributed by atoms with E-state index in [1.165, 1.54) is 0 Å². The van der Waals surface area contributed by atoms with E-state index in [2.05, 4.69) is 4.90 Å². The average molecular weight is 202 g/mol. The molecule has 1 fully saturated rings. The fourth-order valence-electron chi connectivity index (χ4n) is 1.75. The molecule has 1 aliphatic rings. The molecule has 1 heterocycles. The minimum Gasteiger partial charge on any atom is -0.383 e. The number of hydrogen-bond acceptors (Lipinski definition) is 4. The first-order valence-corrected chi connectivity index (χ1v) is 5.39. The topological polar surface area (TPSA) is 47.7 Å². The third-order valence-corrected chi connectivity index (χ3v) is 2.62. The lowest BCUT2D eigenvalue weighted by Crippen LogP contribution is -2.39. The van der Waals surface area contributed by atoms with Crippen molar-refractivity contribution < 1.29 is 9.47 Å². The van der Waals surface area contributed by atoms with Crippen LogP contribution in [0.2, 0.25) is 0 Å². The predicted molar refractivity (Wildman–Crippen MR) is 56.3 cm³/mol. The monoisotopic (exact) mass is 202 g/mol. The van der Waals surface area contributed by atoms with E-state index in [0.717, 1.165) is 39.1 Å². The molecule has 84 valence electrons. The van der Waals surface area contributed by atoms with Crippen molar-refractivity contribution in [3.63, 3.8) is 0 Å². The van der Waals surface area contributed by atoms with Gasteiger partial charge in [0.15, 0.2) is 0 Å².